The van der Waals surface area contributed by atoms with Gasteiger partial charge in [0.25, 0.3) is 0 Å². The number of nitrogens with one attached hydrogen (secondary N) is 1. The maximum absolute atomic E-state index is 12.0. The molecule has 1 N–H and O–H groups in total. The number of rotatable bonds is 8. The van der Waals surface area contributed by atoms with E-state index in [1.165, 1.54) is 29.4 Å². The van der Waals surface area contributed by atoms with E-state index >= 15 is 0 Å². The number of hydrogen-bond donors (Lipinski definition) is 1. The Labute approximate surface area is 172 Å². The van der Waals surface area contributed by atoms with Gasteiger partial charge in [0.1, 0.15) is 6.61 Å². The molecule has 0 saturated carbocycles. The van der Waals surface area contributed by atoms with Crippen LogP contribution in [0.1, 0.15) is 28.3 Å². The van der Waals surface area contributed by atoms with Crippen LogP contribution < -0.4 is 14.8 Å². The van der Waals surface area contributed by atoms with E-state index in [9.17, 15) is 4.79 Å². The summed E-state index contributed by atoms with van der Waals surface area (Å²) in [6, 6.07) is 12.6. The van der Waals surface area contributed by atoms with Crippen molar-refractivity contribution in [2.24, 2.45) is 0 Å². The van der Waals surface area contributed by atoms with E-state index in [1.807, 2.05) is 6.07 Å². The van der Waals surface area contributed by atoms with Gasteiger partial charge in [-0.05, 0) is 47.7 Å². The maximum atomic E-state index is 12.0. The molecule has 0 aliphatic carbocycles. The largest absolute Gasteiger partial charge is 0.493 e. The van der Waals surface area contributed by atoms with Gasteiger partial charge >= 0.3 is 0 Å². The molecule has 2 aromatic carbocycles. The zero-order chi connectivity index (χ0) is 20.8. The average Bonchev–Trinajstić information content (AvgIpc) is 2.73. The summed E-state index contributed by atoms with van der Waals surface area (Å²) in [6.07, 6.45) is 0.921. The lowest BCUT2D eigenvalue weighted by molar-refractivity contribution is -0.125. The summed E-state index contributed by atoms with van der Waals surface area (Å²) in [5.41, 5.74) is 4.97. The van der Waals surface area contributed by atoms with Gasteiger partial charge in [0.2, 0.25) is 5.91 Å². The molecule has 3 rings (SSSR count). The Morgan fingerprint density at radius 1 is 1.14 bits per heavy atom. The molecule has 0 unspecified atom stereocenters. The Morgan fingerprint density at radius 2 is 1.86 bits per heavy atom. The van der Waals surface area contributed by atoms with Crippen LogP contribution in [-0.2, 0) is 22.5 Å². The van der Waals surface area contributed by atoms with Gasteiger partial charge in [-0.25, -0.2) is 0 Å². The number of benzene rings is 2. The molecule has 0 radical (unpaired) electrons. The minimum Gasteiger partial charge on any atom is -0.493 e. The van der Waals surface area contributed by atoms with Crippen molar-refractivity contribution in [3.8, 4) is 11.5 Å². The van der Waals surface area contributed by atoms with Gasteiger partial charge in [-0.2, -0.15) is 0 Å². The molecular formula is C23H30N2O4. The first-order chi connectivity index (χ1) is 14.1. The minimum atomic E-state index is -0.115. The highest BCUT2D eigenvalue weighted by Gasteiger charge is 2.29. The van der Waals surface area contributed by atoms with Gasteiger partial charge in [0.05, 0.1) is 20.3 Å². The lowest BCUT2D eigenvalue weighted by atomic mass is 9.91. The minimum absolute atomic E-state index is 0.0407. The SMILES string of the molecule is COCC(=O)NC[C@H]1c2cc(OC)c(OC)cc2CCN1Cc1ccccc1C. The molecule has 0 saturated heterocycles. The van der Waals surface area contributed by atoms with Crippen LogP contribution in [-0.4, -0.2) is 51.8 Å². The van der Waals surface area contributed by atoms with Crippen LogP contribution in [0.2, 0.25) is 0 Å². The van der Waals surface area contributed by atoms with Crippen molar-refractivity contribution in [2.45, 2.75) is 25.9 Å². The number of hydrogen-bond acceptors (Lipinski definition) is 5. The molecule has 0 spiro atoms. The molecule has 1 amide bonds. The molecule has 0 fully saturated rings. The molecule has 6 nitrogen and oxygen atoms in total. The van der Waals surface area contributed by atoms with Gasteiger partial charge in [-0.15, -0.1) is 0 Å². The fourth-order valence-electron chi connectivity index (χ4n) is 3.91. The topological polar surface area (TPSA) is 60.0 Å². The fraction of sp³-hybridized carbons (Fsp3) is 0.435. The molecule has 156 valence electrons. The Bertz CT molecular complexity index is 853. The number of carbonyl (C=O) groups excluding carboxylic acids is 1. The molecule has 1 aliphatic heterocycles. The normalized spacial score (nSPS) is 16.2. The van der Waals surface area contributed by atoms with E-state index in [-0.39, 0.29) is 18.6 Å². The number of nitrogens with zero attached hydrogens (tertiary/aromatic N) is 1. The number of ether oxygens (including phenoxy) is 3. The fourth-order valence-corrected chi connectivity index (χ4v) is 3.91. The molecule has 0 aromatic heterocycles. The van der Waals surface area contributed by atoms with E-state index in [0.29, 0.717) is 12.3 Å². The van der Waals surface area contributed by atoms with Crippen LogP contribution in [0.25, 0.3) is 0 Å². The third-order valence-electron chi connectivity index (χ3n) is 5.52. The van der Waals surface area contributed by atoms with Crippen LogP contribution in [0.15, 0.2) is 36.4 Å². The molecule has 0 bridgehead atoms. The van der Waals surface area contributed by atoms with Crippen molar-refractivity contribution in [2.75, 3.05) is 41.0 Å². The van der Waals surface area contributed by atoms with E-state index in [4.69, 9.17) is 14.2 Å². The smallest absolute Gasteiger partial charge is 0.246 e. The van der Waals surface area contributed by atoms with E-state index in [1.54, 1.807) is 14.2 Å². The number of fused-ring (bicyclic) bond motifs is 1. The Hall–Kier alpha value is -2.57. The third kappa shape index (κ3) is 4.89. The first-order valence-corrected chi connectivity index (χ1v) is 9.86. The number of amides is 1. The van der Waals surface area contributed by atoms with Gasteiger partial charge in [0, 0.05) is 26.7 Å². The van der Waals surface area contributed by atoms with Crippen molar-refractivity contribution in [1.29, 1.82) is 0 Å². The number of methoxy groups -OCH3 is 3. The van der Waals surface area contributed by atoms with E-state index in [0.717, 1.165) is 25.3 Å². The van der Waals surface area contributed by atoms with Crippen molar-refractivity contribution >= 4 is 5.91 Å². The number of carbonyl (C=O) groups is 1. The lowest BCUT2D eigenvalue weighted by Crippen LogP contribution is -2.42. The van der Waals surface area contributed by atoms with Gasteiger partial charge in [-0.1, -0.05) is 24.3 Å². The molecule has 1 aliphatic rings. The van der Waals surface area contributed by atoms with E-state index < -0.39 is 0 Å². The molecule has 29 heavy (non-hydrogen) atoms. The van der Waals surface area contributed by atoms with Crippen molar-refractivity contribution in [3.63, 3.8) is 0 Å². The molecule has 1 atom stereocenters. The Balaban J connectivity index is 1.92. The molecule has 1 heterocycles. The van der Waals surface area contributed by atoms with Crippen molar-refractivity contribution in [3.05, 3.63) is 58.7 Å². The highest BCUT2D eigenvalue weighted by molar-refractivity contribution is 5.77. The summed E-state index contributed by atoms with van der Waals surface area (Å²) in [7, 11) is 4.82. The zero-order valence-corrected chi connectivity index (χ0v) is 17.7. The van der Waals surface area contributed by atoms with Crippen LogP contribution >= 0.6 is 0 Å². The second-order valence-electron chi connectivity index (χ2n) is 7.31. The second-order valence-corrected chi connectivity index (χ2v) is 7.31. The van der Waals surface area contributed by atoms with Gasteiger partial charge in [-0.3, -0.25) is 9.69 Å². The van der Waals surface area contributed by atoms with Crippen molar-refractivity contribution in [1.82, 2.24) is 10.2 Å². The van der Waals surface area contributed by atoms with Crippen LogP contribution in [0.4, 0.5) is 0 Å². The third-order valence-corrected chi connectivity index (χ3v) is 5.52. The first kappa shape index (κ1) is 21.1. The quantitative estimate of drug-likeness (QED) is 0.741. The summed E-state index contributed by atoms with van der Waals surface area (Å²) in [5, 5.41) is 3.01. The highest BCUT2D eigenvalue weighted by atomic mass is 16.5. The monoisotopic (exact) mass is 398 g/mol. The summed E-state index contributed by atoms with van der Waals surface area (Å²) in [4.78, 5) is 14.5. The summed E-state index contributed by atoms with van der Waals surface area (Å²) >= 11 is 0. The second kappa shape index (κ2) is 9.76. The lowest BCUT2D eigenvalue weighted by Gasteiger charge is -2.38. The predicted molar refractivity (Wildman–Crippen MR) is 112 cm³/mol. The molecule has 2 aromatic rings. The zero-order valence-electron chi connectivity index (χ0n) is 17.7. The standard InChI is InChI=1S/C23H30N2O4/c1-16-7-5-6-8-18(16)14-25-10-9-17-11-21(28-3)22(29-4)12-19(17)20(25)13-24-23(26)15-27-2/h5-8,11-12,20H,9-10,13-15H2,1-4H3,(H,24,26)/t20-/m0/s1. The van der Waals surface area contributed by atoms with Crippen LogP contribution in [0.5, 0.6) is 11.5 Å². The summed E-state index contributed by atoms with van der Waals surface area (Å²) in [5.74, 6) is 1.33. The summed E-state index contributed by atoms with van der Waals surface area (Å²) in [6.45, 7) is 4.43. The van der Waals surface area contributed by atoms with Crippen molar-refractivity contribution < 1.29 is 19.0 Å². The average molecular weight is 399 g/mol. The predicted octanol–water partition coefficient (Wildman–Crippen LogP) is 2.87. The van der Waals surface area contributed by atoms with Crippen LogP contribution in [0, 0.1) is 6.92 Å². The Kier molecular flexibility index (Phi) is 7.12. The van der Waals surface area contributed by atoms with Gasteiger partial charge < -0.3 is 19.5 Å². The number of aryl methyl sites for hydroxylation is 1. The first-order valence-electron chi connectivity index (χ1n) is 9.86. The van der Waals surface area contributed by atoms with Gasteiger partial charge in [0.15, 0.2) is 11.5 Å². The Morgan fingerprint density at radius 3 is 2.55 bits per heavy atom. The summed E-state index contributed by atoms with van der Waals surface area (Å²) < 4.78 is 16.0. The maximum Gasteiger partial charge on any atom is 0.246 e. The van der Waals surface area contributed by atoms with Crippen LogP contribution in [0.3, 0.4) is 0 Å². The highest BCUT2D eigenvalue weighted by Crippen LogP contribution is 2.38. The van der Waals surface area contributed by atoms with E-state index in [2.05, 4.69) is 47.5 Å². The molecule has 6 heteroatoms. The molecular weight excluding hydrogens is 368 g/mol.